The number of aromatic nitrogens is 2. The summed E-state index contributed by atoms with van der Waals surface area (Å²) >= 11 is 0. The van der Waals surface area contributed by atoms with Crippen molar-refractivity contribution >= 4 is 17.4 Å². The highest BCUT2D eigenvalue weighted by Gasteiger charge is 2.15. The van der Waals surface area contributed by atoms with E-state index in [0.29, 0.717) is 18.1 Å². The van der Waals surface area contributed by atoms with Crippen LogP contribution < -0.4 is 10.6 Å². The van der Waals surface area contributed by atoms with Gasteiger partial charge in [-0.1, -0.05) is 6.07 Å². The predicted molar refractivity (Wildman–Crippen MR) is 83.8 cm³/mol. The Balaban J connectivity index is 1.56. The Bertz CT molecular complexity index is 672. The monoisotopic (exact) mass is 316 g/mol. The molecule has 2 heterocycles. The first kappa shape index (κ1) is 15.4. The third-order valence-electron chi connectivity index (χ3n) is 3.50. The fourth-order valence-corrected chi connectivity index (χ4v) is 2.32. The normalized spacial score (nSPS) is 17.0. The Morgan fingerprint density at radius 1 is 1.35 bits per heavy atom. The standard InChI is InChI=1S/C16H17FN4O2/c17-11-3-1-4-12(7-11)21-16(22)14-9-20-15(10-18-14)19-8-13-5-2-6-23-13/h1,3-4,7,9-10,13H,2,5-6,8H2,(H,19,20)(H,21,22). The third kappa shape index (κ3) is 4.23. The van der Waals surface area contributed by atoms with Gasteiger partial charge in [0.25, 0.3) is 5.91 Å². The summed E-state index contributed by atoms with van der Waals surface area (Å²) in [4.78, 5) is 20.3. The van der Waals surface area contributed by atoms with Crippen LogP contribution in [0.1, 0.15) is 23.3 Å². The molecule has 1 aliphatic rings. The highest BCUT2D eigenvalue weighted by Crippen LogP contribution is 2.13. The molecule has 1 aliphatic heterocycles. The van der Waals surface area contributed by atoms with E-state index in [1.165, 1.54) is 30.6 Å². The van der Waals surface area contributed by atoms with Gasteiger partial charge in [0.05, 0.1) is 18.5 Å². The summed E-state index contributed by atoms with van der Waals surface area (Å²) in [6, 6.07) is 5.67. The van der Waals surface area contributed by atoms with Crippen molar-refractivity contribution in [3.8, 4) is 0 Å². The zero-order valence-electron chi connectivity index (χ0n) is 12.5. The second-order valence-corrected chi connectivity index (χ2v) is 5.27. The zero-order valence-corrected chi connectivity index (χ0v) is 12.5. The van der Waals surface area contributed by atoms with E-state index in [4.69, 9.17) is 4.74 Å². The summed E-state index contributed by atoms with van der Waals surface area (Å²) in [7, 11) is 0. The number of hydrogen-bond acceptors (Lipinski definition) is 5. The number of carbonyl (C=O) groups is 1. The molecule has 23 heavy (non-hydrogen) atoms. The van der Waals surface area contributed by atoms with Gasteiger partial charge in [0.15, 0.2) is 0 Å². The molecule has 1 aromatic heterocycles. The van der Waals surface area contributed by atoms with Crippen molar-refractivity contribution in [3.05, 3.63) is 48.2 Å². The molecule has 0 radical (unpaired) electrons. The van der Waals surface area contributed by atoms with Gasteiger partial charge >= 0.3 is 0 Å². The van der Waals surface area contributed by atoms with Crippen molar-refractivity contribution in [2.75, 3.05) is 23.8 Å². The molecule has 0 bridgehead atoms. The maximum Gasteiger partial charge on any atom is 0.275 e. The first-order valence-corrected chi connectivity index (χ1v) is 7.45. The van der Waals surface area contributed by atoms with Crippen LogP contribution in [0.2, 0.25) is 0 Å². The minimum atomic E-state index is -0.436. The van der Waals surface area contributed by atoms with Crippen molar-refractivity contribution in [2.45, 2.75) is 18.9 Å². The van der Waals surface area contributed by atoms with Crippen LogP contribution in [0.25, 0.3) is 0 Å². The average molecular weight is 316 g/mol. The third-order valence-corrected chi connectivity index (χ3v) is 3.50. The van der Waals surface area contributed by atoms with E-state index >= 15 is 0 Å². The molecular weight excluding hydrogens is 299 g/mol. The van der Waals surface area contributed by atoms with Crippen molar-refractivity contribution in [2.24, 2.45) is 0 Å². The predicted octanol–water partition coefficient (Wildman–Crippen LogP) is 2.46. The van der Waals surface area contributed by atoms with Crippen molar-refractivity contribution in [1.82, 2.24) is 9.97 Å². The van der Waals surface area contributed by atoms with Crippen LogP contribution in [0, 0.1) is 5.82 Å². The second kappa shape index (κ2) is 7.15. The Morgan fingerprint density at radius 2 is 2.26 bits per heavy atom. The minimum absolute atomic E-state index is 0.164. The van der Waals surface area contributed by atoms with Crippen LogP contribution in [0.5, 0.6) is 0 Å². The second-order valence-electron chi connectivity index (χ2n) is 5.27. The highest BCUT2D eigenvalue weighted by molar-refractivity contribution is 6.02. The number of rotatable bonds is 5. The lowest BCUT2D eigenvalue weighted by atomic mass is 10.2. The van der Waals surface area contributed by atoms with Crippen molar-refractivity contribution in [1.29, 1.82) is 0 Å². The topological polar surface area (TPSA) is 76.1 Å². The van der Waals surface area contributed by atoms with E-state index < -0.39 is 11.7 Å². The van der Waals surface area contributed by atoms with Crippen LogP contribution in [0.3, 0.4) is 0 Å². The number of carbonyl (C=O) groups excluding carboxylic acids is 1. The first-order valence-electron chi connectivity index (χ1n) is 7.45. The molecule has 2 aromatic rings. The van der Waals surface area contributed by atoms with Gasteiger partial charge in [-0.15, -0.1) is 0 Å². The van der Waals surface area contributed by atoms with Gasteiger partial charge in [-0.3, -0.25) is 4.79 Å². The van der Waals surface area contributed by atoms with E-state index in [1.54, 1.807) is 6.07 Å². The molecule has 1 saturated heterocycles. The van der Waals surface area contributed by atoms with Gasteiger partial charge in [-0.2, -0.15) is 0 Å². The van der Waals surface area contributed by atoms with Crippen LogP contribution >= 0.6 is 0 Å². The number of ether oxygens (including phenoxy) is 1. The molecule has 0 saturated carbocycles. The van der Waals surface area contributed by atoms with Gasteiger partial charge in [0.1, 0.15) is 17.3 Å². The van der Waals surface area contributed by atoms with Gasteiger partial charge in [0, 0.05) is 18.8 Å². The Kier molecular flexibility index (Phi) is 4.77. The molecular formula is C16H17FN4O2. The molecule has 1 atom stereocenters. The maximum atomic E-state index is 13.1. The fraction of sp³-hybridized carbons (Fsp3) is 0.312. The molecule has 1 unspecified atom stereocenters. The lowest BCUT2D eigenvalue weighted by molar-refractivity contribution is 0.102. The number of amides is 1. The first-order chi connectivity index (χ1) is 11.2. The summed E-state index contributed by atoms with van der Waals surface area (Å²) in [5.41, 5.74) is 0.536. The van der Waals surface area contributed by atoms with Crippen molar-refractivity contribution < 1.29 is 13.9 Å². The van der Waals surface area contributed by atoms with E-state index in [9.17, 15) is 9.18 Å². The summed E-state index contributed by atoms with van der Waals surface area (Å²) in [6.07, 6.45) is 5.20. The van der Waals surface area contributed by atoms with Gasteiger partial charge in [0.2, 0.25) is 0 Å². The van der Waals surface area contributed by atoms with E-state index in [0.717, 1.165) is 19.4 Å². The van der Waals surface area contributed by atoms with Crippen LogP contribution in [-0.4, -0.2) is 35.1 Å². The molecule has 1 aromatic carbocycles. The molecule has 6 nitrogen and oxygen atoms in total. The lowest BCUT2D eigenvalue weighted by Crippen LogP contribution is -2.19. The number of nitrogens with zero attached hydrogens (tertiary/aromatic N) is 2. The number of nitrogens with one attached hydrogen (secondary N) is 2. The molecule has 7 heteroatoms. The summed E-state index contributed by atoms with van der Waals surface area (Å²) < 4.78 is 18.6. The number of halogens is 1. The molecule has 0 spiro atoms. The molecule has 2 N–H and O–H groups in total. The highest BCUT2D eigenvalue weighted by atomic mass is 19.1. The molecule has 1 amide bonds. The number of anilines is 2. The van der Waals surface area contributed by atoms with E-state index in [-0.39, 0.29) is 11.8 Å². The largest absolute Gasteiger partial charge is 0.376 e. The maximum absolute atomic E-state index is 13.1. The summed E-state index contributed by atoms with van der Waals surface area (Å²) in [5, 5.41) is 5.70. The Morgan fingerprint density at radius 3 is 2.96 bits per heavy atom. The van der Waals surface area contributed by atoms with Crippen molar-refractivity contribution in [3.63, 3.8) is 0 Å². The van der Waals surface area contributed by atoms with Crippen LogP contribution in [-0.2, 0) is 4.74 Å². The van der Waals surface area contributed by atoms with E-state index in [2.05, 4.69) is 20.6 Å². The minimum Gasteiger partial charge on any atom is -0.376 e. The van der Waals surface area contributed by atoms with Crippen LogP contribution in [0.4, 0.5) is 15.9 Å². The molecule has 120 valence electrons. The average Bonchev–Trinajstić information content (AvgIpc) is 3.07. The zero-order chi connectivity index (χ0) is 16.1. The van der Waals surface area contributed by atoms with Gasteiger partial charge < -0.3 is 15.4 Å². The Hall–Kier alpha value is -2.54. The number of hydrogen-bond donors (Lipinski definition) is 2. The quantitative estimate of drug-likeness (QED) is 0.886. The lowest BCUT2D eigenvalue weighted by Gasteiger charge is -2.11. The SMILES string of the molecule is O=C(Nc1cccc(F)c1)c1cnc(NCC2CCCO2)cn1. The molecule has 1 fully saturated rings. The van der Waals surface area contributed by atoms with Gasteiger partial charge in [-0.05, 0) is 31.0 Å². The van der Waals surface area contributed by atoms with Gasteiger partial charge in [-0.25, -0.2) is 14.4 Å². The van der Waals surface area contributed by atoms with E-state index in [1.807, 2.05) is 0 Å². The summed E-state index contributed by atoms with van der Waals surface area (Å²) in [6.45, 7) is 1.47. The smallest absolute Gasteiger partial charge is 0.275 e. The Labute approximate surface area is 133 Å². The fourth-order valence-electron chi connectivity index (χ4n) is 2.32. The van der Waals surface area contributed by atoms with Crippen LogP contribution in [0.15, 0.2) is 36.7 Å². The number of benzene rings is 1. The summed E-state index contributed by atoms with van der Waals surface area (Å²) in [5.74, 6) is -0.265. The molecule has 0 aliphatic carbocycles. The molecule has 3 rings (SSSR count).